The molecule has 1 aromatic heterocycles. The Morgan fingerprint density at radius 1 is 1.18 bits per heavy atom. The number of rotatable bonds is 4. The molecule has 0 radical (unpaired) electrons. The number of ether oxygens (including phenoxy) is 1. The third-order valence-electron chi connectivity index (χ3n) is 3.62. The van der Waals surface area contributed by atoms with E-state index < -0.39 is 0 Å². The van der Waals surface area contributed by atoms with Gasteiger partial charge >= 0.3 is 6.01 Å². The van der Waals surface area contributed by atoms with Crippen LogP contribution in [0.3, 0.4) is 0 Å². The molecule has 2 atom stereocenters. The summed E-state index contributed by atoms with van der Waals surface area (Å²) in [6.07, 6.45) is 3.67. The highest BCUT2D eigenvalue weighted by Crippen LogP contribution is 2.30. The predicted octanol–water partition coefficient (Wildman–Crippen LogP) is 1.24. The number of aromatic nitrogens is 3. The maximum atomic E-state index is 5.74. The molecule has 1 aromatic rings. The number of aryl methyl sites for hydroxylation is 2. The van der Waals surface area contributed by atoms with E-state index in [1.165, 1.54) is 19.3 Å². The Kier molecular flexibility index (Phi) is 3.89. The first kappa shape index (κ1) is 12.2. The van der Waals surface area contributed by atoms with Crippen LogP contribution in [0, 0.1) is 25.7 Å². The van der Waals surface area contributed by atoms with Gasteiger partial charge in [0.05, 0.1) is 18.0 Å². The molecule has 17 heavy (non-hydrogen) atoms. The fourth-order valence-electron chi connectivity index (χ4n) is 2.32. The van der Waals surface area contributed by atoms with E-state index in [1.807, 2.05) is 13.8 Å². The average molecular weight is 236 g/mol. The fraction of sp³-hybridized carbons (Fsp3) is 0.750. The molecule has 1 aliphatic rings. The quantitative estimate of drug-likeness (QED) is 0.851. The van der Waals surface area contributed by atoms with Crippen molar-refractivity contribution in [3.8, 4) is 6.01 Å². The molecule has 5 nitrogen and oxygen atoms in total. The third kappa shape index (κ3) is 2.91. The van der Waals surface area contributed by atoms with Gasteiger partial charge in [-0.25, -0.2) is 0 Å². The average Bonchev–Trinajstić information content (AvgIpc) is 2.78. The first-order valence-electron chi connectivity index (χ1n) is 6.21. The molecule has 94 valence electrons. The minimum atomic E-state index is 0.385. The number of nitrogens with two attached hydrogens (primary N) is 1. The molecule has 0 bridgehead atoms. The topological polar surface area (TPSA) is 73.9 Å². The lowest BCUT2D eigenvalue weighted by molar-refractivity contribution is 0.200. The van der Waals surface area contributed by atoms with E-state index in [2.05, 4.69) is 15.2 Å². The molecule has 1 fully saturated rings. The highest BCUT2D eigenvalue weighted by atomic mass is 16.5. The molecule has 2 N–H and O–H groups in total. The highest BCUT2D eigenvalue weighted by molar-refractivity contribution is 5.07. The molecule has 5 heteroatoms. The van der Waals surface area contributed by atoms with E-state index in [-0.39, 0.29) is 0 Å². The first-order valence-corrected chi connectivity index (χ1v) is 6.21. The zero-order chi connectivity index (χ0) is 12.3. The number of hydrogen-bond acceptors (Lipinski definition) is 5. The van der Waals surface area contributed by atoms with Gasteiger partial charge in [0.1, 0.15) is 0 Å². The summed E-state index contributed by atoms with van der Waals surface area (Å²) in [4.78, 5) is 4.26. The van der Waals surface area contributed by atoms with Gasteiger partial charge in [0.25, 0.3) is 0 Å². The molecule has 1 aliphatic carbocycles. The van der Waals surface area contributed by atoms with Crippen LogP contribution in [0.5, 0.6) is 6.01 Å². The van der Waals surface area contributed by atoms with Crippen LogP contribution in [0.15, 0.2) is 0 Å². The van der Waals surface area contributed by atoms with Crippen molar-refractivity contribution in [3.63, 3.8) is 0 Å². The van der Waals surface area contributed by atoms with Crippen LogP contribution in [0.2, 0.25) is 0 Å². The Hall–Kier alpha value is -1.23. The summed E-state index contributed by atoms with van der Waals surface area (Å²) in [6.45, 7) is 5.21. The Bertz CT molecular complexity index is 383. The molecule has 0 saturated heterocycles. The SMILES string of the molecule is Cc1nnc(OCC2CCCC2CN)nc1C. The van der Waals surface area contributed by atoms with Crippen molar-refractivity contribution >= 4 is 0 Å². The van der Waals surface area contributed by atoms with Crippen molar-refractivity contribution in [2.24, 2.45) is 17.6 Å². The largest absolute Gasteiger partial charge is 0.462 e. The van der Waals surface area contributed by atoms with Gasteiger partial charge in [0, 0.05) is 0 Å². The molecule has 2 unspecified atom stereocenters. The van der Waals surface area contributed by atoms with E-state index in [0.717, 1.165) is 17.9 Å². The van der Waals surface area contributed by atoms with E-state index in [9.17, 15) is 0 Å². The monoisotopic (exact) mass is 236 g/mol. The lowest BCUT2D eigenvalue weighted by Crippen LogP contribution is -2.23. The van der Waals surface area contributed by atoms with Gasteiger partial charge in [-0.1, -0.05) is 11.5 Å². The molecule has 0 spiro atoms. The lowest BCUT2D eigenvalue weighted by Gasteiger charge is -2.17. The summed E-state index contributed by atoms with van der Waals surface area (Å²) in [5.41, 5.74) is 7.46. The van der Waals surface area contributed by atoms with E-state index >= 15 is 0 Å². The lowest BCUT2D eigenvalue weighted by atomic mass is 9.97. The predicted molar refractivity (Wildman–Crippen MR) is 64.7 cm³/mol. The normalized spacial score (nSPS) is 23.9. The summed E-state index contributed by atoms with van der Waals surface area (Å²) in [6, 6.07) is 0.385. The van der Waals surface area contributed by atoms with Crippen LogP contribution in [-0.4, -0.2) is 28.3 Å². The summed E-state index contributed by atoms with van der Waals surface area (Å²) in [5.74, 6) is 1.14. The van der Waals surface area contributed by atoms with Crippen LogP contribution < -0.4 is 10.5 Å². The maximum Gasteiger partial charge on any atom is 0.335 e. The summed E-state index contributed by atoms with van der Waals surface area (Å²) >= 11 is 0. The molecule has 0 aromatic carbocycles. The molecule has 1 saturated carbocycles. The Morgan fingerprint density at radius 3 is 2.65 bits per heavy atom. The second-order valence-corrected chi connectivity index (χ2v) is 4.76. The third-order valence-corrected chi connectivity index (χ3v) is 3.62. The summed E-state index contributed by atoms with van der Waals surface area (Å²) in [5, 5.41) is 7.94. The molecule has 1 heterocycles. The fourth-order valence-corrected chi connectivity index (χ4v) is 2.32. The van der Waals surface area contributed by atoms with Gasteiger partial charge in [0.2, 0.25) is 0 Å². The number of hydrogen-bond donors (Lipinski definition) is 1. The van der Waals surface area contributed by atoms with Gasteiger partial charge in [-0.05, 0) is 45.1 Å². The zero-order valence-electron chi connectivity index (χ0n) is 10.5. The van der Waals surface area contributed by atoms with Crippen LogP contribution in [0.25, 0.3) is 0 Å². The van der Waals surface area contributed by atoms with Crippen molar-refractivity contribution < 1.29 is 4.74 Å². The second-order valence-electron chi connectivity index (χ2n) is 4.76. The van der Waals surface area contributed by atoms with Gasteiger partial charge in [-0.2, -0.15) is 4.98 Å². The molecule has 0 aliphatic heterocycles. The number of nitrogens with zero attached hydrogens (tertiary/aromatic N) is 3. The summed E-state index contributed by atoms with van der Waals surface area (Å²) in [7, 11) is 0. The molecule has 2 rings (SSSR count). The van der Waals surface area contributed by atoms with Crippen LogP contribution in [-0.2, 0) is 0 Å². The van der Waals surface area contributed by atoms with Crippen molar-refractivity contribution in [2.75, 3.05) is 13.2 Å². The van der Waals surface area contributed by atoms with E-state index in [0.29, 0.717) is 24.5 Å². The van der Waals surface area contributed by atoms with E-state index in [4.69, 9.17) is 10.5 Å². The van der Waals surface area contributed by atoms with E-state index in [1.54, 1.807) is 0 Å². The Labute approximate surface area is 102 Å². The van der Waals surface area contributed by atoms with Crippen molar-refractivity contribution in [1.29, 1.82) is 0 Å². The minimum Gasteiger partial charge on any atom is -0.462 e. The maximum absolute atomic E-state index is 5.74. The van der Waals surface area contributed by atoms with Crippen LogP contribution >= 0.6 is 0 Å². The van der Waals surface area contributed by atoms with Gasteiger partial charge < -0.3 is 10.5 Å². The second kappa shape index (κ2) is 5.40. The van der Waals surface area contributed by atoms with Crippen molar-refractivity contribution in [3.05, 3.63) is 11.4 Å². The molecular formula is C12H20N4O. The molecule has 0 amide bonds. The van der Waals surface area contributed by atoms with Gasteiger partial charge in [-0.3, -0.25) is 0 Å². The van der Waals surface area contributed by atoms with Gasteiger partial charge in [-0.15, -0.1) is 5.10 Å². The highest BCUT2D eigenvalue weighted by Gasteiger charge is 2.26. The smallest absolute Gasteiger partial charge is 0.335 e. The van der Waals surface area contributed by atoms with Crippen LogP contribution in [0.4, 0.5) is 0 Å². The first-order chi connectivity index (χ1) is 8.20. The van der Waals surface area contributed by atoms with Crippen LogP contribution in [0.1, 0.15) is 30.7 Å². The molecular weight excluding hydrogens is 216 g/mol. The minimum absolute atomic E-state index is 0.385. The zero-order valence-corrected chi connectivity index (χ0v) is 10.5. The van der Waals surface area contributed by atoms with Crippen molar-refractivity contribution in [2.45, 2.75) is 33.1 Å². The standard InChI is InChI=1S/C12H20N4O/c1-8-9(2)15-16-12(14-8)17-7-11-5-3-4-10(11)6-13/h10-11H,3-7,13H2,1-2H3. The van der Waals surface area contributed by atoms with Crippen molar-refractivity contribution in [1.82, 2.24) is 15.2 Å². The summed E-state index contributed by atoms with van der Waals surface area (Å²) < 4.78 is 5.62. The Morgan fingerprint density at radius 2 is 1.94 bits per heavy atom. The Balaban J connectivity index is 1.91. The van der Waals surface area contributed by atoms with Gasteiger partial charge in [0.15, 0.2) is 0 Å².